The first-order valence-electron chi connectivity index (χ1n) is 7.91. The van der Waals surface area contributed by atoms with Gasteiger partial charge in [-0.1, -0.05) is 43.5 Å². The minimum Gasteiger partial charge on any atom is -0.508 e. The number of benzene rings is 3. The average Bonchev–Trinajstić information content (AvgIpc) is 2.63. The van der Waals surface area contributed by atoms with Gasteiger partial charge in [0.25, 0.3) is 0 Å². The maximum atomic E-state index is 9.60. The van der Waals surface area contributed by atoms with Gasteiger partial charge < -0.3 is 19.7 Å². The second-order valence-corrected chi connectivity index (χ2v) is 7.90. The molecule has 0 aliphatic rings. The highest BCUT2D eigenvalue weighted by Gasteiger charge is 2.07. The van der Waals surface area contributed by atoms with Crippen molar-refractivity contribution in [3.05, 3.63) is 79.7 Å². The number of ether oxygens (including phenoxy) is 2. The third-order valence-corrected chi connectivity index (χ3v) is 5.46. The van der Waals surface area contributed by atoms with Crippen molar-refractivity contribution >= 4 is 43.5 Å². The predicted octanol–water partition coefficient (Wildman–Crippen LogP) is 6.43. The van der Waals surface area contributed by atoms with Crippen molar-refractivity contribution in [1.29, 1.82) is 0 Å². The molecule has 3 rings (SSSR count). The van der Waals surface area contributed by atoms with Crippen LogP contribution in [0.4, 0.5) is 0 Å². The van der Waals surface area contributed by atoms with Gasteiger partial charge in [-0.25, -0.2) is 0 Å². The molecule has 0 heterocycles. The number of phenols is 2. The number of hydrogen-bond acceptors (Lipinski definition) is 4. The standard InChI is InChI=1S/C20H15Br2ClO4/c21-19-3-1-15(24)5-12(19)10-26-17-7-14(23)8-18(9-17)27-11-13-6-16(25)2-4-20(13)22/h1-9,24-25H,10-11H2. The Kier molecular flexibility index (Phi) is 6.52. The SMILES string of the molecule is Oc1ccc(Br)c(COc2cc(Cl)cc(OCc3cc(O)ccc3Br)c2)c1. The molecule has 140 valence electrons. The fourth-order valence-electron chi connectivity index (χ4n) is 2.37. The van der Waals surface area contributed by atoms with E-state index in [1.54, 1.807) is 54.6 Å². The van der Waals surface area contributed by atoms with Crippen LogP contribution in [-0.4, -0.2) is 10.2 Å². The molecule has 0 amide bonds. The monoisotopic (exact) mass is 512 g/mol. The Labute approximate surface area is 178 Å². The second kappa shape index (κ2) is 8.87. The molecular formula is C20H15Br2ClO4. The molecule has 0 saturated carbocycles. The highest BCUT2D eigenvalue weighted by atomic mass is 79.9. The lowest BCUT2D eigenvalue weighted by atomic mass is 10.2. The molecule has 27 heavy (non-hydrogen) atoms. The molecule has 0 bridgehead atoms. The lowest BCUT2D eigenvalue weighted by Gasteiger charge is -2.12. The zero-order valence-electron chi connectivity index (χ0n) is 14.0. The van der Waals surface area contributed by atoms with Gasteiger partial charge in [-0.05, 0) is 48.5 Å². The summed E-state index contributed by atoms with van der Waals surface area (Å²) in [6.07, 6.45) is 0. The summed E-state index contributed by atoms with van der Waals surface area (Å²) in [5, 5.41) is 19.7. The molecule has 0 unspecified atom stereocenters. The van der Waals surface area contributed by atoms with Crippen LogP contribution >= 0.6 is 43.5 Å². The summed E-state index contributed by atoms with van der Waals surface area (Å²) in [5.41, 5.74) is 1.61. The summed E-state index contributed by atoms with van der Waals surface area (Å²) in [4.78, 5) is 0. The summed E-state index contributed by atoms with van der Waals surface area (Å²) < 4.78 is 13.3. The number of phenolic OH excluding ortho intramolecular Hbond substituents is 2. The van der Waals surface area contributed by atoms with Crippen LogP contribution in [0.5, 0.6) is 23.0 Å². The second-order valence-electron chi connectivity index (χ2n) is 5.75. The van der Waals surface area contributed by atoms with E-state index in [1.165, 1.54) is 0 Å². The lowest BCUT2D eigenvalue weighted by molar-refractivity contribution is 0.288. The van der Waals surface area contributed by atoms with E-state index in [1.807, 2.05) is 0 Å². The Morgan fingerprint density at radius 1 is 0.704 bits per heavy atom. The van der Waals surface area contributed by atoms with Gasteiger partial charge in [0.05, 0.1) is 0 Å². The van der Waals surface area contributed by atoms with Crippen LogP contribution in [0.3, 0.4) is 0 Å². The minimum absolute atomic E-state index is 0.170. The molecule has 0 fully saturated rings. The van der Waals surface area contributed by atoms with Crippen molar-refractivity contribution in [2.45, 2.75) is 13.2 Å². The smallest absolute Gasteiger partial charge is 0.124 e. The molecule has 4 nitrogen and oxygen atoms in total. The van der Waals surface area contributed by atoms with Crippen LogP contribution in [0.25, 0.3) is 0 Å². The quantitative estimate of drug-likeness (QED) is 0.398. The third-order valence-electron chi connectivity index (χ3n) is 3.69. The number of aromatic hydroxyl groups is 2. The maximum absolute atomic E-state index is 9.60. The van der Waals surface area contributed by atoms with Crippen molar-refractivity contribution in [1.82, 2.24) is 0 Å². The van der Waals surface area contributed by atoms with E-state index < -0.39 is 0 Å². The topological polar surface area (TPSA) is 58.9 Å². The van der Waals surface area contributed by atoms with Gasteiger partial charge in [-0.2, -0.15) is 0 Å². The predicted molar refractivity (Wildman–Crippen MR) is 112 cm³/mol. The van der Waals surface area contributed by atoms with E-state index >= 15 is 0 Å². The molecule has 0 aliphatic heterocycles. The van der Waals surface area contributed by atoms with Gasteiger partial charge in [0, 0.05) is 31.2 Å². The normalized spacial score (nSPS) is 10.6. The Hall–Kier alpha value is -1.89. The van der Waals surface area contributed by atoms with Crippen molar-refractivity contribution in [3.63, 3.8) is 0 Å². The van der Waals surface area contributed by atoms with E-state index in [2.05, 4.69) is 31.9 Å². The van der Waals surface area contributed by atoms with E-state index in [0.717, 1.165) is 20.1 Å². The highest BCUT2D eigenvalue weighted by molar-refractivity contribution is 9.10. The van der Waals surface area contributed by atoms with Crippen molar-refractivity contribution in [2.24, 2.45) is 0 Å². The van der Waals surface area contributed by atoms with Gasteiger partial charge in [0.1, 0.15) is 36.2 Å². The fraction of sp³-hybridized carbons (Fsp3) is 0.100. The Morgan fingerprint density at radius 2 is 1.15 bits per heavy atom. The molecular weight excluding hydrogens is 499 g/mol. The molecule has 3 aromatic rings. The molecule has 0 saturated heterocycles. The van der Waals surface area contributed by atoms with Crippen LogP contribution in [0.2, 0.25) is 5.02 Å². The van der Waals surface area contributed by atoms with E-state index in [0.29, 0.717) is 16.5 Å². The first kappa shape index (κ1) is 19.9. The number of hydrogen-bond donors (Lipinski definition) is 2. The first-order valence-corrected chi connectivity index (χ1v) is 9.88. The molecule has 0 atom stereocenters. The third kappa shape index (κ3) is 5.54. The van der Waals surface area contributed by atoms with Gasteiger partial charge >= 0.3 is 0 Å². The van der Waals surface area contributed by atoms with Crippen molar-refractivity contribution < 1.29 is 19.7 Å². The fourth-order valence-corrected chi connectivity index (χ4v) is 3.31. The molecule has 7 heteroatoms. The Morgan fingerprint density at radius 3 is 1.59 bits per heavy atom. The maximum Gasteiger partial charge on any atom is 0.124 e. The average molecular weight is 515 g/mol. The number of halogens is 3. The first-order chi connectivity index (χ1) is 12.9. The molecule has 0 radical (unpaired) electrons. The lowest BCUT2D eigenvalue weighted by Crippen LogP contribution is -1.99. The largest absolute Gasteiger partial charge is 0.508 e. The van der Waals surface area contributed by atoms with Crippen LogP contribution in [0.1, 0.15) is 11.1 Å². The van der Waals surface area contributed by atoms with Gasteiger partial charge in [-0.3, -0.25) is 0 Å². The molecule has 0 spiro atoms. The van der Waals surface area contributed by atoms with E-state index in [9.17, 15) is 10.2 Å². The van der Waals surface area contributed by atoms with Gasteiger partial charge in [0.15, 0.2) is 0 Å². The summed E-state index contributed by atoms with van der Waals surface area (Å²) >= 11 is 13.0. The van der Waals surface area contributed by atoms with E-state index in [-0.39, 0.29) is 24.7 Å². The Bertz CT molecular complexity index is 889. The molecule has 0 aliphatic carbocycles. The summed E-state index contributed by atoms with van der Waals surface area (Å²) in [6, 6.07) is 15.1. The van der Waals surface area contributed by atoms with Crippen molar-refractivity contribution in [3.8, 4) is 23.0 Å². The summed E-state index contributed by atoms with van der Waals surface area (Å²) in [5.74, 6) is 1.43. The van der Waals surface area contributed by atoms with Crippen LogP contribution in [0.15, 0.2) is 63.5 Å². The molecule has 0 aromatic heterocycles. The number of rotatable bonds is 6. The van der Waals surface area contributed by atoms with Gasteiger partial charge in [0.2, 0.25) is 0 Å². The summed E-state index contributed by atoms with van der Waals surface area (Å²) in [7, 11) is 0. The van der Waals surface area contributed by atoms with Crippen LogP contribution in [0, 0.1) is 0 Å². The molecule has 3 aromatic carbocycles. The van der Waals surface area contributed by atoms with Crippen LogP contribution < -0.4 is 9.47 Å². The Balaban J connectivity index is 1.70. The zero-order valence-corrected chi connectivity index (χ0v) is 17.9. The summed E-state index contributed by atoms with van der Waals surface area (Å²) in [6.45, 7) is 0.514. The van der Waals surface area contributed by atoms with Crippen LogP contribution in [-0.2, 0) is 13.2 Å². The molecule has 2 N–H and O–H groups in total. The van der Waals surface area contributed by atoms with Gasteiger partial charge in [-0.15, -0.1) is 0 Å². The minimum atomic E-state index is 0.170. The zero-order chi connectivity index (χ0) is 19.4. The highest BCUT2D eigenvalue weighted by Crippen LogP contribution is 2.30. The van der Waals surface area contributed by atoms with E-state index in [4.69, 9.17) is 21.1 Å². The van der Waals surface area contributed by atoms with Crippen molar-refractivity contribution in [2.75, 3.05) is 0 Å².